The van der Waals surface area contributed by atoms with Gasteiger partial charge in [-0.05, 0) is 80.0 Å². The van der Waals surface area contributed by atoms with Crippen molar-refractivity contribution < 1.29 is 19.4 Å². The molecule has 4 fully saturated rings. The van der Waals surface area contributed by atoms with Crippen molar-refractivity contribution in [1.29, 1.82) is 0 Å². The number of fused-ring (bicyclic) bond motifs is 3. The Morgan fingerprint density at radius 1 is 1.15 bits per heavy atom. The quantitative estimate of drug-likeness (QED) is 0.428. The van der Waals surface area contributed by atoms with Gasteiger partial charge in [-0.25, -0.2) is 0 Å². The lowest BCUT2D eigenvalue weighted by Crippen LogP contribution is -2.57. The first-order chi connectivity index (χ1) is 12.7. The number of aliphatic carboxylic acids is 1. The summed E-state index contributed by atoms with van der Waals surface area (Å²) < 4.78 is 5.47. The fraction of sp³-hybridized carbons (Fsp3) is 0.826. The van der Waals surface area contributed by atoms with Gasteiger partial charge in [-0.1, -0.05) is 32.4 Å². The molecule has 0 aliphatic heterocycles. The molecule has 1 spiro atoms. The molecule has 6 atom stereocenters. The van der Waals surface area contributed by atoms with Crippen LogP contribution in [0.2, 0.25) is 0 Å². The second-order valence-corrected chi connectivity index (χ2v) is 10.6. The molecule has 4 nitrogen and oxygen atoms in total. The number of allylic oxidation sites excluding steroid dienone is 1. The lowest BCUT2D eigenvalue weighted by atomic mass is 9.41. The molecule has 4 aliphatic carbocycles. The zero-order valence-electron chi connectivity index (χ0n) is 16.9. The molecule has 6 unspecified atom stereocenters. The van der Waals surface area contributed by atoms with E-state index in [1.807, 2.05) is 0 Å². The molecular weight excluding hydrogens is 340 g/mol. The Morgan fingerprint density at radius 2 is 1.93 bits per heavy atom. The van der Waals surface area contributed by atoms with Gasteiger partial charge < -0.3 is 9.84 Å². The Bertz CT molecular complexity index is 669. The Kier molecular flexibility index (Phi) is 4.47. The molecule has 0 amide bonds. The molecule has 0 aromatic carbocycles. The second kappa shape index (κ2) is 6.35. The van der Waals surface area contributed by atoms with Gasteiger partial charge in [0.2, 0.25) is 0 Å². The van der Waals surface area contributed by atoms with Crippen LogP contribution >= 0.6 is 0 Å². The van der Waals surface area contributed by atoms with Gasteiger partial charge in [0.05, 0.1) is 6.61 Å². The van der Waals surface area contributed by atoms with E-state index in [1.54, 1.807) is 0 Å². The molecule has 4 heteroatoms. The van der Waals surface area contributed by atoms with Crippen LogP contribution in [0.4, 0.5) is 0 Å². The first-order valence-electron chi connectivity index (χ1n) is 10.7. The summed E-state index contributed by atoms with van der Waals surface area (Å²) in [5.74, 6) is 0.353. The van der Waals surface area contributed by atoms with E-state index < -0.39 is 18.4 Å². The van der Waals surface area contributed by atoms with E-state index >= 15 is 0 Å². The largest absolute Gasteiger partial charge is 0.481 e. The molecule has 0 aromatic heterocycles. The fourth-order valence-electron chi connectivity index (χ4n) is 8.08. The topological polar surface area (TPSA) is 63.6 Å². The van der Waals surface area contributed by atoms with Crippen molar-refractivity contribution in [2.24, 2.45) is 34.0 Å². The monoisotopic (exact) mass is 374 g/mol. The molecule has 0 radical (unpaired) electrons. The molecule has 27 heavy (non-hydrogen) atoms. The number of ether oxygens (including phenoxy) is 1. The van der Waals surface area contributed by atoms with Crippen LogP contribution in [0.25, 0.3) is 0 Å². The maximum absolute atomic E-state index is 11.8. The lowest BCUT2D eigenvalue weighted by molar-refractivity contribution is -0.175. The lowest BCUT2D eigenvalue weighted by Gasteiger charge is -2.64. The third-order valence-electron chi connectivity index (χ3n) is 9.04. The molecular formula is C23H34O4. The molecule has 0 heterocycles. The van der Waals surface area contributed by atoms with Gasteiger partial charge in [0.15, 0.2) is 0 Å². The van der Waals surface area contributed by atoms with Crippen LogP contribution in [0, 0.1) is 34.0 Å². The fourth-order valence-corrected chi connectivity index (χ4v) is 8.08. The Labute approximate surface area is 162 Å². The van der Waals surface area contributed by atoms with E-state index in [4.69, 9.17) is 9.84 Å². The van der Waals surface area contributed by atoms with Crippen LogP contribution < -0.4 is 0 Å². The Hall–Kier alpha value is -1.32. The van der Waals surface area contributed by atoms with Crippen LogP contribution in [0.1, 0.15) is 78.1 Å². The van der Waals surface area contributed by atoms with Crippen LogP contribution in [0.15, 0.2) is 12.2 Å². The molecule has 4 aliphatic rings. The van der Waals surface area contributed by atoms with Crippen molar-refractivity contribution >= 4 is 11.9 Å². The van der Waals surface area contributed by atoms with E-state index in [-0.39, 0.29) is 5.41 Å². The Balaban J connectivity index is 1.55. The third kappa shape index (κ3) is 2.94. The highest BCUT2D eigenvalue weighted by Crippen LogP contribution is 2.72. The number of hydrogen-bond acceptors (Lipinski definition) is 3. The number of carbonyl (C=O) groups is 2. The zero-order valence-corrected chi connectivity index (χ0v) is 16.9. The van der Waals surface area contributed by atoms with Crippen molar-refractivity contribution in [3.05, 3.63) is 12.2 Å². The first-order valence-corrected chi connectivity index (χ1v) is 10.7. The molecule has 2 bridgehead atoms. The van der Waals surface area contributed by atoms with E-state index in [2.05, 4.69) is 20.4 Å². The zero-order chi connectivity index (χ0) is 19.4. The minimum absolute atomic E-state index is 0.0325. The number of carboxylic acid groups (broad SMARTS) is 1. The highest BCUT2D eigenvalue weighted by Gasteiger charge is 2.63. The van der Waals surface area contributed by atoms with Crippen molar-refractivity contribution in [3.8, 4) is 0 Å². The summed E-state index contributed by atoms with van der Waals surface area (Å²) in [7, 11) is 0. The molecule has 1 N–H and O–H groups in total. The third-order valence-corrected chi connectivity index (χ3v) is 9.04. The van der Waals surface area contributed by atoms with Gasteiger partial charge >= 0.3 is 11.9 Å². The summed E-state index contributed by atoms with van der Waals surface area (Å²) in [6.07, 6.45) is 10.7. The van der Waals surface area contributed by atoms with E-state index in [1.165, 1.54) is 56.9 Å². The average molecular weight is 375 g/mol. The van der Waals surface area contributed by atoms with Crippen LogP contribution in [0.5, 0.6) is 0 Å². The van der Waals surface area contributed by atoms with Gasteiger partial charge in [0.25, 0.3) is 0 Å². The minimum atomic E-state index is -1.11. The summed E-state index contributed by atoms with van der Waals surface area (Å²) in [5, 5.41) is 8.82. The van der Waals surface area contributed by atoms with Crippen molar-refractivity contribution in [2.75, 3.05) is 6.61 Å². The van der Waals surface area contributed by atoms with Gasteiger partial charge in [0, 0.05) is 5.41 Å². The summed E-state index contributed by atoms with van der Waals surface area (Å²) in [4.78, 5) is 22.6. The number of esters is 1. The number of carboxylic acids is 1. The normalized spacial score (nSPS) is 45.7. The number of carbonyl (C=O) groups excluding carboxylic acids is 1. The van der Waals surface area contributed by atoms with E-state index in [0.29, 0.717) is 23.4 Å². The molecule has 0 saturated heterocycles. The molecule has 0 aromatic rings. The second-order valence-electron chi connectivity index (χ2n) is 10.6. The predicted molar refractivity (Wildman–Crippen MR) is 103 cm³/mol. The molecule has 4 saturated carbocycles. The van der Waals surface area contributed by atoms with Crippen LogP contribution in [0.3, 0.4) is 0 Å². The number of hydrogen-bond donors (Lipinski definition) is 1. The molecule has 4 rings (SSSR count). The standard InChI is InChI=1S/C23H34O4/c1-15-12-23-10-7-17-21(2,14-27-20(26)11-19(24)25)8-4-9-22(17,3)18(23)6-5-16(15)13-23/h16-18H,1,4-14H2,2-3H3,(H,24,25). The summed E-state index contributed by atoms with van der Waals surface area (Å²) in [6, 6.07) is 0. The van der Waals surface area contributed by atoms with Gasteiger partial charge in [-0.15, -0.1) is 0 Å². The highest BCUT2D eigenvalue weighted by molar-refractivity contribution is 5.90. The van der Waals surface area contributed by atoms with Crippen molar-refractivity contribution in [1.82, 2.24) is 0 Å². The van der Waals surface area contributed by atoms with E-state index in [0.717, 1.165) is 18.3 Å². The van der Waals surface area contributed by atoms with Gasteiger partial charge in [-0.2, -0.15) is 0 Å². The molecule has 150 valence electrons. The predicted octanol–water partition coefficient (Wildman–Crippen LogP) is 4.97. The Morgan fingerprint density at radius 3 is 2.67 bits per heavy atom. The maximum atomic E-state index is 11.8. The SMILES string of the molecule is C=C1CC23CCC4C(C)(COC(=O)CC(=O)O)CCCC4(C)C2CCC1C3. The smallest absolute Gasteiger partial charge is 0.317 e. The average Bonchev–Trinajstić information content (AvgIpc) is 2.81. The summed E-state index contributed by atoms with van der Waals surface area (Å²) in [5.41, 5.74) is 2.25. The maximum Gasteiger partial charge on any atom is 0.317 e. The van der Waals surface area contributed by atoms with E-state index in [9.17, 15) is 9.59 Å². The van der Waals surface area contributed by atoms with Crippen molar-refractivity contribution in [3.63, 3.8) is 0 Å². The van der Waals surface area contributed by atoms with Gasteiger partial charge in [-0.3, -0.25) is 9.59 Å². The van der Waals surface area contributed by atoms with Crippen LogP contribution in [-0.2, 0) is 14.3 Å². The first kappa shape index (κ1) is 19.0. The summed E-state index contributed by atoms with van der Waals surface area (Å²) in [6.45, 7) is 9.57. The highest BCUT2D eigenvalue weighted by atomic mass is 16.5. The van der Waals surface area contributed by atoms with Crippen molar-refractivity contribution in [2.45, 2.75) is 78.1 Å². The van der Waals surface area contributed by atoms with Crippen LogP contribution in [-0.4, -0.2) is 23.7 Å². The van der Waals surface area contributed by atoms with Gasteiger partial charge in [0.1, 0.15) is 6.42 Å². The summed E-state index contributed by atoms with van der Waals surface area (Å²) >= 11 is 0. The number of rotatable bonds is 4. The minimum Gasteiger partial charge on any atom is -0.481 e.